The first-order valence-electron chi connectivity index (χ1n) is 7.14. The van der Waals surface area contributed by atoms with Crippen molar-refractivity contribution in [2.45, 2.75) is 65.0 Å². The molecule has 18 heavy (non-hydrogen) atoms. The Morgan fingerprint density at radius 3 is 2.39 bits per heavy atom. The Bertz CT molecular complexity index is 245. The van der Waals surface area contributed by atoms with Crippen molar-refractivity contribution >= 4 is 5.91 Å². The molecule has 0 radical (unpaired) electrons. The minimum atomic E-state index is -0.562. The molecule has 0 aromatic rings. The van der Waals surface area contributed by atoms with E-state index in [1.807, 2.05) is 6.92 Å². The fraction of sp³-hybridized carbons (Fsp3) is 0.929. The van der Waals surface area contributed by atoms with Crippen molar-refractivity contribution in [3.8, 4) is 0 Å². The van der Waals surface area contributed by atoms with E-state index >= 15 is 0 Å². The van der Waals surface area contributed by atoms with E-state index < -0.39 is 5.54 Å². The molecule has 0 saturated carbocycles. The van der Waals surface area contributed by atoms with Crippen molar-refractivity contribution in [3.05, 3.63) is 0 Å². The summed E-state index contributed by atoms with van der Waals surface area (Å²) in [7, 11) is 1.79. The molecule has 0 bridgehead atoms. The van der Waals surface area contributed by atoms with Gasteiger partial charge in [0.25, 0.3) is 0 Å². The smallest absolute Gasteiger partial charge is 0.237 e. The van der Waals surface area contributed by atoms with Crippen molar-refractivity contribution in [1.82, 2.24) is 10.2 Å². The summed E-state index contributed by atoms with van der Waals surface area (Å²) in [6.07, 6.45) is 4.12. The molecule has 0 spiro atoms. The molecule has 0 heterocycles. The summed E-state index contributed by atoms with van der Waals surface area (Å²) in [5.41, 5.74) is 4.85. The van der Waals surface area contributed by atoms with Gasteiger partial charge in [-0.25, -0.2) is 0 Å². The number of hydrogen-bond donors (Lipinski definition) is 2. The second-order valence-corrected chi connectivity index (χ2v) is 5.29. The molecule has 108 valence electrons. The Kier molecular flexibility index (Phi) is 8.20. The molecule has 2 unspecified atom stereocenters. The van der Waals surface area contributed by atoms with Crippen LogP contribution in [0.3, 0.4) is 0 Å². The number of unbranched alkanes of at least 4 members (excludes halogenated alkanes) is 1. The van der Waals surface area contributed by atoms with Crippen LogP contribution in [0.15, 0.2) is 0 Å². The topological polar surface area (TPSA) is 58.4 Å². The van der Waals surface area contributed by atoms with Crippen molar-refractivity contribution < 1.29 is 4.79 Å². The monoisotopic (exact) mass is 257 g/mol. The van der Waals surface area contributed by atoms with Crippen LogP contribution >= 0.6 is 0 Å². The maximum Gasteiger partial charge on any atom is 0.237 e. The van der Waals surface area contributed by atoms with Crippen LogP contribution in [0.1, 0.15) is 53.4 Å². The number of carbonyl (C=O) groups excluding carboxylic acids is 1. The average molecular weight is 257 g/mol. The summed E-state index contributed by atoms with van der Waals surface area (Å²) in [6, 6.07) is 0.641. The summed E-state index contributed by atoms with van der Waals surface area (Å²) in [6.45, 7) is 10.8. The van der Waals surface area contributed by atoms with Gasteiger partial charge in [0.2, 0.25) is 5.91 Å². The van der Waals surface area contributed by atoms with Crippen molar-refractivity contribution in [1.29, 1.82) is 0 Å². The Balaban J connectivity index is 4.01. The van der Waals surface area contributed by atoms with Gasteiger partial charge in [0.15, 0.2) is 0 Å². The number of carbonyl (C=O) groups is 1. The first kappa shape index (κ1) is 17.4. The lowest BCUT2D eigenvalue weighted by Gasteiger charge is -2.28. The van der Waals surface area contributed by atoms with Gasteiger partial charge in [0, 0.05) is 6.04 Å². The van der Waals surface area contributed by atoms with Crippen LogP contribution in [0.25, 0.3) is 0 Å². The molecule has 0 aliphatic rings. The van der Waals surface area contributed by atoms with E-state index in [2.05, 4.69) is 31.0 Å². The molecule has 3 N–H and O–H groups in total. The van der Waals surface area contributed by atoms with Gasteiger partial charge in [-0.2, -0.15) is 0 Å². The van der Waals surface area contributed by atoms with E-state index in [-0.39, 0.29) is 5.91 Å². The van der Waals surface area contributed by atoms with Crippen LogP contribution in [0.4, 0.5) is 0 Å². The quantitative estimate of drug-likeness (QED) is 0.586. The second kappa shape index (κ2) is 8.48. The maximum atomic E-state index is 11.3. The second-order valence-electron chi connectivity index (χ2n) is 5.29. The number of nitrogens with two attached hydrogens (primary N) is 1. The van der Waals surface area contributed by atoms with Crippen molar-refractivity contribution in [3.63, 3.8) is 0 Å². The number of rotatable bonds is 10. The highest BCUT2D eigenvalue weighted by molar-refractivity contribution is 5.84. The average Bonchev–Trinajstić information content (AvgIpc) is 2.37. The van der Waals surface area contributed by atoms with E-state index in [9.17, 15) is 4.79 Å². The van der Waals surface area contributed by atoms with E-state index in [0.717, 1.165) is 32.4 Å². The van der Waals surface area contributed by atoms with Gasteiger partial charge in [-0.1, -0.05) is 13.8 Å². The summed E-state index contributed by atoms with van der Waals surface area (Å²) < 4.78 is 0. The minimum Gasteiger partial charge on any atom is -0.368 e. The molecule has 0 aromatic heterocycles. The molecule has 0 aliphatic carbocycles. The number of amides is 1. The van der Waals surface area contributed by atoms with Crippen LogP contribution in [0, 0.1) is 0 Å². The number of nitrogens with zero attached hydrogens (tertiary/aromatic N) is 1. The fourth-order valence-electron chi connectivity index (χ4n) is 2.11. The molecule has 2 atom stereocenters. The van der Waals surface area contributed by atoms with Crippen molar-refractivity contribution in [2.75, 3.05) is 20.1 Å². The molecular formula is C14H31N3O. The number of likely N-dealkylation sites (N-methyl/N-ethyl adjacent to an activating group) is 1. The van der Waals surface area contributed by atoms with Gasteiger partial charge >= 0.3 is 0 Å². The lowest BCUT2D eigenvalue weighted by Crippen LogP contribution is -2.51. The lowest BCUT2D eigenvalue weighted by molar-refractivity contribution is -0.123. The van der Waals surface area contributed by atoms with Crippen LogP contribution in [0.2, 0.25) is 0 Å². The highest BCUT2D eigenvalue weighted by atomic mass is 16.1. The van der Waals surface area contributed by atoms with E-state index in [1.54, 1.807) is 7.05 Å². The third kappa shape index (κ3) is 5.36. The van der Waals surface area contributed by atoms with E-state index in [4.69, 9.17) is 5.73 Å². The molecule has 0 rings (SSSR count). The largest absolute Gasteiger partial charge is 0.368 e. The lowest BCUT2D eigenvalue weighted by atomic mass is 9.94. The van der Waals surface area contributed by atoms with Gasteiger partial charge in [0.05, 0.1) is 5.54 Å². The third-order valence-electron chi connectivity index (χ3n) is 4.09. The summed E-state index contributed by atoms with van der Waals surface area (Å²) in [5.74, 6) is -0.265. The summed E-state index contributed by atoms with van der Waals surface area (Å²) in [5, 5.41) is 3.03. The minimum absolute atomic E-state index is 0.265. The van der Waals surface area contributed by atoms with Gasteiger partial charge < -0.3 is 16.0 Å². The highest BCUT2D eigenvalue weighted by Gasteiger charge is 2.27. The SMILES string of the molecule is CCC(C)N(CC)CCCCC(C)(NC)C(N)=O. The van der Waals surface area contributed by atoms with Gasteiger partial charge in [-0.15, -0.1) is 0 Å². The molecule has 0 fully saturated rings. The standard InChI is InChI=1S/C14H31N3O/c1-6-12(3)17(7-2)11-9-8-10-14(4,16-5)13(15)18/h12,16H,6-11H2,1-5H3,(H2,15,18). The Morgan fingerprint density at radius 2 is 2.00 bits per heavy atom. The van der Waals surface area contributed by atoms with Gasteiger partial charge in [-0.3, -0.25) is 4.79 Å². The van der Waals surface area contributed by atoms with Crippen LogP contribution in [-0.2, 0) is 4.79 Å². The molecule has 4 nitrogen and oxygen atoms in total. The Hall–Kier alpha value is -0.610. The van der Waals surface area contributed by atoms with Crippen LogP contribution in [0.5, 0.6) is 0 Å². The zero-order chi connectivity index (χ0) is 14.2. The predicted molar refractivity (Wildman–Crippen MR) is 77.5 cm³/mol. The Labute approximate surface area is 112 Å². The van der Waals surface area contributed by atoms with Crippen LogP contribution < -0.4 is 11.1 Å². The van der Waals surface area contributed by atoms with Gasteiger partial charge in [0.1, 0.15) is 0 Å². The highest BCUT2D eigenvalue weighted by Crippen LogP contribution is 2.14. The summed E-state index contributed by atoms with van der Waals surface area (Å²) in [4.78, 5) is 13.8. The van der Waals surface area contributed by atoms with E-state index in [0.29, 0.717) is 6.04 Å². The molecular weight excluding hydrogens is 226 g/mol. The Morgan fingerprint density at radius 1 is 1.39 bits per heavy atom. The zero-order valence-electron chi connectivity index (χ0n) is 12.8. The number of primary amides is 1. The first-order chi connectivity index (χ1) is 8.41. The maximum absolute atomic E-state index is 11.3. The van der Waals surface area contributed by atoms with Gasteiger partial charge in [-0.05, 0) is 59.7 Å². The zero-order valence-corrected chi connectivity index (χ0v) is 12.8. The number of nitrogens with one attached hydrogen (secondary N) is 1. The molecule has 1 amide bonds. The van der Waals surface area contributed by atoms with Crippen LogP contribution in [-0.4, -0.2) is 42.5 Å². The molecule has 0 aromatic carbocycles. The van der Waals surface area contributed by atoms with E-state index in [1.165, 1.54) is 6.42 Å². The fourth-order valence-corrected chi connectivity index (χ4v) is 2.11. The summed E-state index contributed by atoms with van der Waals surface area (Å²) >= 11 is 0. The molecule has 0 aliphatic heterocycles. The predicted octanol–water partition coefficient (Wildman–Crippen LogP) is 1.74. The molecule has 0 saturated heterocycles. The number of hydrogen-bond acceptors (Lipinski definition) is 3. The molecule has 4 heteroatoms. The first-order valence-corrected chi connectivity index (χ1v) is 7.14. The van der Waals surface area contributed by atoms with Crippen molar-refractivity contribution in [2.24, 2.45) is 5.73 Å². The normalized spacial score (nSPS) is 16.6. The third-order valence-corrected chi connectivity index (χ3v) is 4.09.